The molecule has 0 aliphatic heterocycles. The zero-order valence-electron chi connectivity index (χ0n) is 5.14. The molecule has 0 fully saturated rings. The number of carbonyl (C=O) groups is 1. The Kier molecular flexibility index (Phi) is 2.84. The van der Waals surface area contributed by atoms with E-state index in [0.29, 0.717) is 5.57 Å². The second-order valence-corrected chi connectivity index (χ2v) is 2.39. The molecular formula is C6H10OS. The average molecular weight is 130 g/mol. The van der Waals surface area contributed by atoms with E-state index >= 15 is 0 Å². The Balaban J connectivity index is 3.84. The highest BCUT2D eigenvalue weighted by molar-refractivity contribution is 7.97. The molecule has 0 aromatic carbocycles. The third-order valence-corrected chi connectivity index (χ3v) is 1.26. The van der Waals surface area contributed by atoms with Crippen LogP contribution in [0.2, 0.25) is 0 Å². The van der Waals surface area contributed by atoms with Gasteiger partial charge in [0, 0.05) is 5.57 Å². The number of thiol groups is 1. The van der Waals surface area contributed by atoms with E-state index in [1.54, 1.807) is 0 Å². The van der Waals surface area contributed by atoms with Crippen molar-refractivity contribution in [2.45, 2.75) is 13.8 Å². The monoisotopic (exact) mass is 130 g/mol. The molecule has 0 aliphatic rings. The lowest BCUT2D eigenvalue weighted by Crippen LogP contribution is -1.98. The van der Waals surface area contributed by atoms with Crippen molar-refractivity contribution in [1.29, 1.82) is 0 Å². The third-order valence-electron chi connectivity index (χ3n) is 0.972. The van der Waals surface area contributed by atoms with Gasteiger partial charge in [-0.15, -0.1) is 12.6 Å². The van der Waals surface area contributed by atoms with Gasteiger partial charge in [-0.2, -0.15) is 0 Å². The second-order valence-electron chi connectivity index (χ2n) is 1.99. The smallest absolute Gasteiger partial charge is 0.211 e. The van der Waals surface area contributed by atoms with Crippen molar-refractivity contribution < 1.29 is 4.79 Å². The fourth-order valence-electron chi connectivity index (χ4n) is 0.247. The van der Waals surface area contributed by atoms with Gasteiger partial charge in [0.05, 0.1) is 0 Å². The van der Waals surface area contributed by atoms with Crippen LogP contribution < -0.4 is 0 Å². The molecule has 0 rings (SSSR count). The van der Waals surface area contributed by atoms with Crippen LogP contribution in [0.3, 0.4) is 0 Å². The minimum absolute atomic E-state index is 0.208. The first-order chi connectivity index (χ1) is 3.55. The van der Waals surface area contributed by atoms with Gasteiger partial charge in [0.25, 0.3) is 0 Å². The molecule has 2 heteroatoms. The molecule has 46 valence electrons. The number of carbonyl (C=O) groups excluding carboxylic acids is 1. The lowest BCUT2D eigenvalue weighted by molar-refractivity contribution is -0.108. The minimum atomic E-state index is -0.208. The van der Waals surface area contributed by atoms with Crippen LogP contribution in [0, 0.1) is 5.92 Å². The van der Waals surface area contributed by atoms with E-state index in [0.717, 1.165) is 0 Å². The zero-order chi connectivity index (χ0) is 6.73. The van der Waals surface area contributed by atoms with Crippen LogP contribution in [0.15, 0.2) is 12.2 Å². The Morgan fingerprint density at radius 3 is 2.00 bits per heavy atom. The summed E-state index contributed by atoms with van der Waals surface area (Å²) in [7, 11) is 0. The van der Waals surface area contributed by atoms with Crippen molar-refractivity contribution in [3.05, 3.63) is 12.2 Å². The highest BCUT2D eigenvalue weighted by Gasteiger charge is 2.04. The molecule has 0 N–H and O–H groups in total. The molecule has 1 nitrogen and oxygen atoms in total. The van der Waals surface area contributed by atoms with E-state index in [1.165, 1.54) is 0 Å². The normalized spacial score (nSPS) is 9.50. The molecule has 0 amide bonds. The molecule has 0 aromatic heterocycles. The molecule has 8 heavy (non-hydrogen) atoms. The molecule has 0 spiro atoms. The highest BCUT2D eigenvalue weighted by Crippen LogP contribution is 2.08. The summed E-state index contributed by atoms with van der Waals surface area (Å²) in [6.45, 7) is 7.35. The fourth-order valence-corrected chi connectivity index (χ4v) is 0.505. The van der Waals surface area contributed by atoms with E-state index in [1.807, 2.05) is 13.8 Å². The Bertz CT molecular complexity index is 116. The topological polar surface area (TPSA) is 17.1 Å². The molecule has 0 aromatic rings. The van der Waals surface area contributed by atoms with Crippen LogP contribution in [-0.2, 0) is 4.79 Å². The van der Waals surface area contributed by atoms with Crippen LogP contribution in [0.5, 0.6) is 0 Å². The van der Waals surface area contributed by atoms with Crippen LogP contribution >= 0.6 is 12.6 Å². The molecule has 0 aliphatic carbocycles. The first kappa shape index (κ1) is 7.76. The summed E-state index contributed by atoms with van der Waals surface area (Å²) in [6, 6.07) is 0. The van der Waals surface area contributed by atoms with Crippen LogP contribution in [0.4, 0.5) is 0 Å². The largest absolute Gasteiger partial charge is 0.282 e. The summed E-state index contributed by atoms with van der Waals surface area (Å²) in [6.07, 6.45) is 0. The predicted octanol–water partition coefficient (Wildman–Crippen LogP) is 1.66. The first-order valence-corrected chi connectivity index (χ1v) is 2.92. The van der Waals surface area contributed by atoms with E-state index in [2.05, 4.69) is 19.2 Å². The van der Waals surface area contributed by atoms with E-state index in [4.69, 9.17) is 0 Å². The van der Waals surface area contributed by atoms with Gasteiger partial charge in [-0.05, 0) is 5.92 Å². The number of hydrogen-bond acceptors (Lipinski definition) is 1. The van der Waals surface area contributed by atoms with Crippen molar-refractivity contribution >= 4 is 17.7 Å². The molecule has 0 saturated heterocycles. The Labute approximate surface area is 55.2 Å². The Morgan fingerprint density at radius 2 is 2.00 bits per heavy atom. The van der Waals surface area contributed by atoms with Crippen molar-refractivity contribution in [1.82, 2.24) is 0 Å². The van der Waals surface area contributed by atoms with Gasteiger partial charge in [-0.25, -0.2) is 0 Å². The van der Waals surface area contributed by atoms with Gasteiger partial charge >= 0.3 is 0 Å². The van der Waals surface area contributed by atoms with Gasteiger partial charge in [-0.3, -0.25) is 4.79 Å². The number of rotatable bonds is 2. The number of hydrogen-bond donors (Lipinski definition) is 1. The highest BCUT2D eigenvalue weighted by atomic mass is 32.1. The maximum absolute atomic E-state index is 10.3. The molecule has 0 heterocycles. The molecule has 0 bridgehead atoms. The van der Waals surface area contributed by atoms with Gasteiger partial charge in [0.1, 0.15) is 0 Å². The SMILES string of the molecule is C=C(C(=O)S)C(C)C. The average Bonchev–Trinajstić information content (AvgIpc) is 1.64. The second kappa shape index (κ2) is 2.92. The van der Waals surface area contributed by atoms with E-state index in [-0.39, 0.29) is 11.0 Å². The molecule has 0 unspecified atom stereocenters. The summed E-state index contributed by atoms with van der Waals surface area (Å²) in [5.74, 6) is 0.222. The van der Waals surface area contributed by atoms with Gasteiger partial charge in [0.2, 0.25) is 5.12 Å². The van der Waals surface area contributed by atoms with E-state index in [9.17, 15) is 4.79 Å². The van der Waals surface area contributed by atoms with Gasteiger partial charge < -0.3 is 0 Å². The Morgan fingerprint density at radius 1 is 1.62 bits per heavy atom. The van der Waals surface area contributed by atoms with Gasteiger partial charge in [-0.1, -0.05) is 20.4 Å². The van der Waals surface area contributed by atoms with Crippen LogP contribution in [-0.4, -0.2) is 5.12 Å². The van der Waals surface area contributed by atoms with Crippen molar-refractivity contribution in [2.24, 2.45) is 5.92 Å². The van der Waals surface area contributed by atoms with E-state index < -0.39 is 0 Å². The molecule has 0 saturated carbocycles. The van der Waals surface area contributed by atoms with Crippen molar-refractivity contribution in [3.63, 3.8) is 0 Å². The lowest BCUT2D eigenvalue weighted by atomic mass is 10.1. The Hall–Kier alpha value is -0.240. The van der Waals surface area contributed by atoms with Crippen molar-refractivity contribution in [2.75, 3.05) is 0 Å². The fraction of sp³-hybridized carbons (Fsp3) is 0.500. The van der Waals surface area contributed by atoms with Gasteiger partial charge in [0.15, 0.2) is 0 Å². The van der Waals surface area contributed by atoms with Crippen molar-refractivity contribution in [3.8, 4) is 0 Å². The van der Waals surface area contributed by atoms with Crippen LogP contribution in [0.1, 0.15) is 13.8 Å². The molecule has 0 atom stereocenters. The van der Waals surface area contributed by atoms with Crippen LogP contribution in [0.25, 0.3) is 0 Å². The minimum Gasteiger partial charge on any atom is -0.282 e. The summed E-state index contributed by atoms with van der Waals surface area (Å²) in [4.78, 5) is 10.3. The molecular weight excluding hydrogens is 120 g/mol. The lowest BCUT2D eigenvalue weighted by Gasteiger charge is -2.01. The summed E-state index contributed by atoms with van der Waals surface area (Å²) in [5, 5.41) is -0.208. The summed E-state index contributed by atoms with van der Waals surface area (Å²) in [5.41, 5.74) is 0.577. The maximum atomic E-state index is 10.3. The quantitative estimate of drug-likeness (QED) is 0.444. The maximum Gasteiger partial charge on any atom is 0.211 e. The first-order valence-electron chi connectivity index (χ1n) is 2.47. The standard InChI is InChI=1S/C6H10OS/c1-4(2)5(3)6(7)8/h4H,3H2,1-2H3,(H,7,8). The third kappa shape index (κ3) is 2.17. The summed E-state index contributed by atoms with van der Waals surface area (Å²) < 4.78 is 0. The predicted molar refractivity (Wildman–Crippen MR) is 38.0 cm³/mol. The molecule has 0 radical (unpaired) electrons. The summed E-state index contributed by atoms with van der Waals surface area (Å²) >= 11 is 3.59. The zero-order valence-corrected chi connectivity index (χ0v) is 6.03.